The molecule has 6 atom stereocenters. The standard InChI is InChI=1S/C20H31N2O11P/c1-5-30-16(25)10-22(3)34(28,32-14-8-6-13(29-4)7-9-14)33-19-17(21-12(2)24)20(27)31-15(11-23)18(19)26/h6-9,15,17-20,23,26-27H,5,10-11H2,1-4H3,(H,21,24)/t15-,17-,18-,19-,20+,34?/m1/s1. The molecule has 0 aliphatic carbocycles. The van der Waals surface area contributed by atoms with Gasteiger partial charge in [-0.15, -0.1) is 0 Å². The molecule has 4 N–H and O–H groups in total. The first-order chi connectivity index (χ1) is 16.0. The van der Waals surface area contributed by atoms with E-state index in [2.05, 4.69) is 5.32 Å². The zero-order valence-corrected chi connectivity index (χ0v) is 20.2. The molecule has 1 fully saturated rings. The Hall–Kier alpha value is -2.25. The SMILES string of the molecule is CCOC(=O)CN(C)P(=O)(Oc1ccc(OC)cc1)O[C@H]1[C@H](O)[C@@H](CO)O[C@H](O)[C@@H]1NC(C)=O. The van der Waals surface area contributed by atoms with E-state index in [1.54, 1.807) is 19.1 Å². The Labute approximate surface area is 197 Å². The van der Waals surface area contributed by atoms with Crippen molar-refractivity contribution in [1.29, 1.82) is 0 Å². The fraction of sp³-hybridized carbons (Fsp3) is 0.600. The van der Waals surface area contributed by atoms with Crippen molar-refractivity contribution in [3.63, 3.8) is 0 Å². The number of aliphatic hydroxyl groups excluding tert-OH is 3. The predicted molar refractivity (Wildman–Crippen MR) is 117 cm³/mol. The van der Waals surface area contributed by atoms with Gasteiger partial charge < -0.3 is 39.4 Å². The predicted octanol–water partition coefficient (Wildman–Crippen LogP) is -0.363. The zero-order valence-electron chi connectivity index (χ0n) is 19.3. The minimum atomic E-state index is -4.45. The average Bonchev–Trinajstić information content (AvgIpc) is 2.78. The highest BCUT2D eigenvalue weighted by Gasteiger charge is 2.50. The number of hydrogen-bond acceptors (Lipinski definition) is 11. The fourth-order valence-corrected chi connectivity index (χ4v) is 4.76. The van der Waals surface area contributed by atoms with Gasteiger partial charge in [-0.05, 0) is 38.2 Å². The van der Waals surface area contributed by atoms with Gasteiger partial charge in [0.25, 0.3) is 0 Å². The summed E-state index contributed by atoms with van der Waals surface area (Å²) in [6, 6.07) is 4.60. The topological polar surface area (TPSA) is 173 Å². The Morgan fingerprint density at radius 2 is 1.82 bits per heavy atom. The number of aliphatic hydroxyl groups is 3. The third kappa shape index (κ3) is 7.12. The molecular formula is C20H31N2O11P. The molecule has 2 rings (SSSR count). The van der Waals surface area contributed by atoms with Crippen LogP contribution in [0.3, 0.4) is 0 Å². The second-order valence-electron chi connectivity index (χ2n) is 7.39. The van der Waals surface area contributed by atoms with Crippen molar-refractivity contribution < 1.29 is 52.7 Å². The number of methoxy groups -OCH3 is 1. The van der Waals surface area contributed by atoms with Crippen LogP contribution in [-0.4, -0.2) is 96.4 Å². The van der Waals surface area contributed by atoms with Crippen LogP contribution in [0.5, 0.6) is 11.5 Å². The summed E-state index contributed by atoms with van der Waals surface area (Å²) in [6.45, 7) is 1.65. The average molecular weight is 506 g/mol. The number of nitrogens with one attached hydrogen (secondary N) is 1. The van der Waals surface area contributed by atoms with Crippen molar-refractivity contribution in [1.82, 2.24) is 9.99 Å². The molecular weight excluding hydrogens is 475 g/mol. The molecule has 1 unspecified atom stereocenters. The smallest absolute Gasteiger partial charge is 0.462 e. The van der Waals surface area contributed by atoms with E-state index < -0.39 is 63.4 Å². The van der Waals surface area contributed by atoms with Crippen LogP contribution in [-0.2, 0) is 28.2 Å². The third-order valence-corrected chi connectivity index (χ3v) is 6.79. The van der Waals surface area contributed by atoms with Crippen molar-refractivity contribution >= 4 is 19.6 Å². The highest BCUT2D eigenvalue weighted by atomic mass is 31.2. The maximum atomic E-state index is 14.0. The van der Waals surface area contributed by atoms with Gasteiger partial charge in [0.15, 0.2) is 6.29 Å². The number of hydrogen-bond donors (Lipinski definition) is 4. The molecule has 0 bridgehead atoms. The second kappa shape index (κ2) is 12.5. The molecule has 1 amide bonds. The number of benzene rings is 1. The molecule has 1 aliphatic heterocycles. The molecule has 1 saturated heterocycles. The van der Waals surface area contributed by atoms with Gasteiger partial charge in [-0.2, -0.15) is 4.67 Å². The lowest BCUT2D eigenvalue weighted by atomic mass is 9.97. The minimum absolute atomic E-state index is 0.0803. The van der Waals surface area contributed by atoms with Gasteiger partial charge in [-0.25, -0.2) is 4.57 Å². The summed E-state index contributed by atoms with van der Waals surface area (Å²) in [6.07, 6.45) is -6.21. The highest BCUT2D eigenvalue weighted by Crippen LogP contribution is 2.53. The van der Waals surface area contributed by atoms with Gasteiger partial charge in [-0.3, -0.25) is 14.1 Å². The quantitative estimate of drug-likeness (QED) is 0.227. The Morgan fingerprint density at radius 3 is 2.35 bits per heavy atom. The lowest BCUT2D eigenvalue weighted by Gasteiger charge is -2.43. The molecule has 34 heavy (non-hydrogen) atoms. The molecule has 0 aromatic heterocycles. The maximum absolute atomic E-state index is 14.0. The van der Waals surface area contributed by atoms with E-state index in [9.17, 15) is 29.5 Å². The van der Waals surface area contributed by atoms with Crippen molar-refractivity contribution in [3.8, 4) is 11.5 Å². The first-order valence-corrected chi connectivity index (χ1v) is 11.9. The Kier molecular flexibility index (Phi) is 10.3. The van der Waals surface area contributed by atoms with Gasteiger partial charge in [0.05, 0.1) is 20.3 Å². The molecule has 192 valence electrons. The normalized spacial score (nSPS) is 26.4. The van der Waals surface area contributed by atoms with Crippen LogP contribution >= 0.6 is 7.75 Å². The summed E-state index contributed by atoms with van der Waals surface area (Å²) >= 11 is 0. The number of rotatable bonds is 11. The molecule has 1 aromatic rings. The van der Waals surface area contributed by atoms with E-state index in [-0.39, 0.29) is 12.4 Å². The van der Waals surface area contributed by atoms with E-state index in [1.807, 2.05) is 0 Å². The van der Waals surface area contributed by atoms with E-state index in [4.69, 9.17) is 23.3 Å². The molecule has 1 aromatic carbocycles. The lowest BCUT2D eigenvalue weighted by Crippen LogP contribution is -2.64. The molecule has 14 heteroatoms. The largest absolute Gasteiger partial charge is 0.497 e. The van der Waals surface area contributed by atoms with Crippen LogP contribution < -0.4 is 14.6 Å². The fourth-order valence-electron chi connectivity index (χ4n) is 3.17. The molecule has 1 aliphatic rings. The van der Waals surface area contributed by atoms with E-state index in [0.717, 1.165) is 11.6 Å². The Balaban J connectivity index is 2.42. The van der Waals surface area contributed by atoms with Crippen molar-refractivity contribution in [2.24, 2.45) is 0 Å². The lowest BCUT2D eigenvalue weighted by molar-refractivity contribution is -0.250. The Bertz CT molecular complexity index is 869. The van der Waals surface area contributed by atoms with Crippen molar-refractivity contribution in [3.05, 3.63) is 24.3 Å². The van der Waals surface area contributed by atoms with Gasteiger partial charge in [0.2, 0.25) is 5.91 Å². The summed E-state index contributed by atoms with van der Waals surface area (Å²) in [5.41, 5.74) is 0. The number of ether oxygens (including phenoxy) is 3. The van der Waals surface area contributed by atoms with Crippen molar-refractivity contribution in [2.75, 3.05) is 33.9 Å². The molecule has 0 saturated carbocycles. The molecule has 13 nitrogen and oxygen atoms in total. The number of carbonyl (C=O) groups is 2. The molecule has 0 radical (unpaired) electrons. The van der Waals surface area contributed by atoms with Crippen molar-refractivity contribution in [2.45, 2.75) is 44.5 Å². The van der Waals surface area contributed by atoms with Gasteiger partial charge in [-0.1, -0.05) is 0 Å². The van der Waals surface area contributed by atoms with Crippen LogP contribution in [0.15, 0.2) is 24.3 Å². The first-order valence-electron chi connectivity index (χ1n) is 10.4. The van der Waals surface area contributed by atoms with Crippen LogP contribution in [0.1, 0.15) is 13.8 Å². The summed E-state index contributed by atoms with van der Waals surface area (Å²) in [7, 11) is -1.71. The highest BCUT2D eigenvalue weighted by molar-refractivity contribution is 7.51. The summed E-state index contributed by atoms with van der Waals surface area (Å²) in [5, 5.41) is 32.9. The van der Waals surface area contributed by atoms with Crippen LogP contribution in [0.25, 0.3) is 0 Å². The summed E-state index contributed by atoms with van der Waals surface area (Å²) in [4.78, 5) is 23.7. The number of esters is 1. The minimum Gasteiger partial charge on any atom is -0.497 e. The van der Waals surface area contributed by atoms with E-state index in [0.29, 0.717) is 5.75 Å². The number of likely N-dealkylation sites (N-methyl/N-ethyl adjacent to an activating group) is 1. The molecule has 0 spiro atoms. The zero-order chi connectivity index (χ0) is 25.5. The molecule has 1 heterocycles. The third-order valence-electron chi connectivity index (χ3n) is 4.86. The number of amides is 1. The van der Waals surface area contributed by atoms with E-state index >= 15 is 0 Å². The van der Waals surface area contributed by atoms with Crippen LogP contribution in [0.4, 0.5) is 0 Å². The van der Waals surface area contributed by atoms with Gasteiger partial charge in [0, 0.05) is 6.92 Å². The van der Waals surface area contributed by atoms with Gasteiger partial charge in [0.1, 0.15) is 42.4 Å². The maximum Gasteiger partial charge on any atom is 0.462 e. The number of carbonyl (C=O) groups excluding carboxylic acids is 2. The van der Waals surface area contributed by atoms with Crippen LogP contribution in [0, 0.1) is 0 Å². The van der Waals surface area contributed by atoms with Gasteiger partial charge >= 0.3 is 13.7 Å². The van der Waals surface area contributed by atoms with E-state index in [1.165, 1.54) is 26.3 Å². The number of nitrogens with zero attached hydrogens (tertiary/aromatic N) is 1. The summed E-state index contributed by atoms with van der Waals surface area (Å²) < 4.78 is 41.4. The monoisotopic (exact) mass is 506 g/mol. The first kappa shape index (κ1) is 28.0. The Morgan fingerprint density at radius 1 is 1.21 bits per heavy atom. The second-order valence-corrected chi connectivity index (χ2v) is 9.40. The summed E-state index contributed by atoms with van der Waals surface area (Å²) in [5.74, 6) is -0.729. The van der Waals surface area contributed by atoms with Crippen LogP contribution in [0.2, 0.25) is 0 Å².